The Labute approximate surface area is 80.2 Å². The summed E-state index contributed by atoms with van der Waals surface area (Å²) in [6.07, 6.45) is 0.423. The Balaban J connectivity index is 3.12. The second kappa shape index (κ2) is 4.00. The van der Waals surface area contributed by atoms with E-state index in [1.54, 1.807) is 6.92 Å². The Bertz CT molecular complexity index is 385. The van der Waals surface area contributed by atoms with Crippen LogP contribution >= 0.6 is 0 Å². The van der Waals surface area contributed by atoms with Gasteiger partial charge in [-0.25, -0.2) is 9.18 Å². The van der Waals surface area contributed by atoms with Crippen LogP contribution in [0.25, 0.3) is 0 Å². The average Bonchev–Trinajstić information content (AvgIpc) is 2.17. The zero-order valence-corrected chi connectivity index (χ0v) is 7.58. The minimum absolute atomic E-state index is 0.00995. The number of carboxylic acids is 1. The molecule has 0 aliphatic heterocycles. The summed E-state index contributed by atoms with van der Waals surface area (Å²) in [7, 11) is 0. The maximum atomic E-state index is 13.0. The number of aliphatic carboxylic acids is 1. The van der Waals surface area contributed by atoms with Gasteiger partial charge in [-0.2, -0.15) is 0 Å². The quantitative estimate of drug-likeness (QED) is 0.590. The van der Waals surface area contributed by atoms with Gasteiger partial charge in [0.1, 0.15) is 5.82 Å². The Morgan fingerprint density at radius 2 is 2.07 bits per heavy atom. The molecule has 0 spiro atoms. The van der Waals surface area contributed by atoms with E-state index >= 15 is 0 Å². The van der Waals surface area contributed by atoms with E-state index in [0.29, 0.717) is 12.0 Å². The molecule has 0 aliphatic rings. The van der Waals surface area contributed by atoms with E-state index in [1.807, 2.05) is 0 Å². The van der Waals surface area contributed by atoms with Crippen molar-refractivity contribution >= 4 is 11.8 Å². The Morgan fingerprint density at radius 1 is 1.43 bits per heavy atom. The van der Waals surface area contributed by atoms with Crippen LogP contribution in [0.3, 0.4) is 0 Å². The molecule has 0 aliphatic carbocycles. The molecular formula is C10H9FO3. The normalized spacial score (nSPS) is 9.86. The number of hydrogen-bond donors (Lipinski definition) is 1. The van der Waals surface area contributed by atoms with Gasteiger partial charge in [-0.05, 0) is 30.2 Å². The van der Waals surface area contributed by atoms with E-state index < -0.39 is 17.6 Å². The van der Waals surface area contributed by atoms with E-state index in [2.05, 4.69) is 0 Å². The number of carboxylic acid groups (broad SMARTS) is 1. The lowest BCUT2D eigenvalue weighted by molar-refractivity contribution is -0.131. The van der Waals surface area contributed by atoms with Crippen LogP contribution < -0.4 is 0 Å². The first-order valence-corrected chi connectivity index (χ1v) is 4.12. The largest absolute Gasteiger partial charge is 0.475 e. The molecular weight excluding hydrogens is 187 g/mol. The standard InChI is InChI=1S/C10H9FO3/c1-2-6-5-7(3-4-8(6)11)9(12)10(13)14/h3-5H,2H2,1H3,(H,13,14). The first kappa shape index (κ1) is 10.4. The van der Waals surface area contributed by atoms with Crippen molar-refractivity contribution in [3.8, 4) is 0 Å². The van der Waals surface area contributed by atoms with E-state index in [-0.39, 0.29) is 5.56 Å². The number of aryl methyl sites for hydroxylation is 1. The van der Waals surface area contributed by atoms with Crippen LogP contribution in [-0.2, 0) is 11.2 Å². The topological polar surface area (TPSA) is 54.4 Å². The van der Waals surface area contributed by atoms with Gasteiger partial charge in [0.05, 0.1) is 0 Å². The molecule has 0 saturated heterocycles. The summed E-state index contributed by atoms with van der Waals surface area (Å²) in [6.45, 7) is 1.73. The summed E-state index contributed by atoms with van der Waals surface area (Å²) in [4.78, 5) is 21.3. The van der Waals surface area contributed by atoms with Gasteiger partial charge in [0.2, 0.25) is 0 Å². The number of carbonyl (C=O) groups is 2. The van der Waals surface area contributed by atoms with Crippen molar-refractivity contribution in [1.29, 1.82) is 0 Å². The highest BCUT2D eigenvalue weighted by Gasteiger charge is 2.15. The van der Waals surface area contributed by atoms with Gasteiger partial charge in [-0.15, -0.1) is 0 Å². The Kier molecular flexibility index (Phi) is 2.96. The van der Waals surface area contributed by atoms with Crippen LogP contribution in [0.15, 0.2) is 18.2 Å². The van der Waals surface area contributed by atoms with E-state index in [1.165, 1.54) is 12.1 Å². The number of ketones is 1. The number of Topliss-reactive ketones (excluding diaryl/α,β-unsaturated/α-hetero) is 1. The van der Waals surface area contributed by atoms with Gasteiger partial charge < -0.3 is 5.11 Å². The molecule has 0 heterocycles. The van der Waals surface area contributed by atoms with Gasteiger partial charge in [-0.3, -0.25) is 4.79 Å². The maximum absolute atomic E-state index is 13.0. The number of rotatable bonds is 3. The number of halogens is 1. The van der Waals surface area contributed by atoms with Crippen molar-refractivity contribution in [2.75, 3.05) is 0 Å². The van der Waals surface area contributed by atoms with E-state index in [0.717, 1.165) is 6.07 Å². The molecule has 1 aromatic carbocycles. The molecule has 0 atom stereocenters. The van der Waals surface area contributed by atoms with Crippen LogP contribution in [0.1, 0.15) is 22.8 Å². The van der Waals surface area contributed by atoms with E-state index in [4.69, 9.17) is 5.11 Å². The van der Waals surface area contributed by atoms with Crippen molar-refractivity contribution in [3.63, 3.8) is 0 Å². The fourth-order valence-corrected chi connectivity index (χ4v) is 1.11. The molecule has 0 fully saturated rings. The summed E-state index contributed by atoms with van der Waals surface area (Å²) in [5, 5.41) is 8.43. The fraction of sp³-hybridized carbons (Fsp3) is 0.200. The third kappa shape index (κ3) is 1.96. The summed E-state index contributed by atoms with van der Waals surface area (Å²) in [5.41, 5.74) is 0.354. The first-order chi connectivity index (χ1) is 6.56. The Hall–Kier alpha value is -1.71. The average molecular weight is 196 g/mol. The molecule has 74 valence electrons. The third-order valence-corrected chi connectivity index (χ3v) is 1.88. The lowest BCUT2D eigenvalue weighted by Gasteiger charge is -2.01. The van der Waals surface area contributed by atoms with Crippen LogP contribution in [-0.4, -0.2) is 16.9 Å². The number of hydrogen-bond acceptors (Lipinski definition) is 2. The van der Waals surface area contributed by atoms with Crippen LogP contribution in [0.5, 0.6) is 0 Å². The van der Waals surface area contributed by atoms with Gasteiger partial charge in [0.15, 0.2) is 0 Å². The van der Waals surface area contributed by atoms with Crippen LogP contribution in [0.4, 0.5) is 4.39 Å². The smallest absolute Gasteiger partial charge is 0.377 e. The molecule has 3 nitrogen and oxygen atoms in total. The van der Waals surface area contributed by atoms with Crippen molar-refractivity contribution in [3.05, 3.63) is 35.1 Å². The molecule has 0 bridgehead atoms. The zero-order chi connectivity index (χ0) is 10.7. The monoisotopic (exact) mass is 196 g/mol. The predicted octanol–water partition coefficient (Wildman–Crippen LogP) is 1.66. The molecule has 1 rings (SSSR count). The van der Waals surface area contributed by atoms with Gasteiger partial charge in [0.25, 0.3) is 5.78 Å². The van der Waals surface area contributed by atoms with E-state index in [9.17, 15) is 14.0 Å². The second-order valence-electron chi connectivity index (χ2n) is 2.79. The number of carbonyl (C=O) groups excluding carboxylic acids is 1. The van der Waals surface area contributed by atoms with Gasteiger partial charge in [0, 0.05) is 5.56 Å². The zero-order valence-electron chi connectivity index (χ0n) is 7.58. The minimum Gasteiger partial charge on any atom is -0.475 e. The molecule has 0 amide bonds. The number of benzene rings is 1. The molecule has 0 radical (unpaired) electrons. The Morgan fingerprint density at radius 3 is 2.57 bits per heavy atom. The second-order valence-corrected chi connectivity index (χ2v) is 2.79. The third-order valence-electron chi connectivity index (χ3n) is 1.88. The fourth-order valence-electron chi connectivity index (χ4n) is 1.11. The van der Waals surface area contributed by atoms with Crippen LogP contribution in [0, 0.1) is 5.82 Å². The summed E-state index contributed by atoms with van der Waals surface area (Å²) in [6, 6.07) is 3.55. The predicted molar refractivity (Wildman–Crippen MR) is 47.7 cm³/mol. The summed E-state index contributed by atoms with van der Waals surface area (Å²) < 4.78 is 13.0. The molecule has 0 unspecified atom stereocenters. The van der Waals surface area contributed by atoms with Crippen molar-refractivity contribution in [2.24, 2.45) is 0 Å². The summed E-state index contributed by atoms with van der Waals surface area (Å²) >= 11 is 0. The highest BCUT2D eigenvalue weighted by atomic mass is 19.1. The molecule has 1 N–H and O–H groups in total. The lowest BCUT2D eigenvalue weighted by Crippen LogP contribution is -2.13. The maximum Gasteiger partial charge on any atom is 0.377 e. The summed E-state index contributed by atoms with van der Waals surface area (Å²) in [5.74, 6) is -2.96. The molecule has 4 heteroatoms. The highest BCUT2D eigenvalue weighted by Crippen LogP contribution is 2.11. The van der Waals surface area contributed by atoms with Crippen molar-refractivity contribution < 1.29 is 19.1 Å². The van der Waals surface area contributed by atoms with Crippen molar-refractivity contribution in [1.82, 2.24) is 0 Å². The van der Waals surface area contributed by atoms with Gasteiger partial charge in [-0.1, -0.05) is 6.92 Å². The van der Waals surface area contributed by atoms with Crippen molar-refractivity contribution in [2.45, 2.75) is 13.3 Å². The molecule has 1 aromatic rings. The molecule has 0 saturated carbocycles. The van der Waals surface area contributed by atoms with Crippen LogP contribution in [0.2, 0.25) is 0 Å². The molecule has 0 aromatic heterocycles. The minimum atomic E-state index is -1.53. The SMILES string of the molecule is CCc1cc(C(=O)C(=O)O)ccc1F. The van der Waals surface area contributed by atoms with Gasteiger partial charge >= 0.3 is 5.97 Å². The lowest BCUT2D eigenvalue weighted by atomic mass is 10.1. The molecule has 14 heavy (non-hydrogen) atoms. The first-order valence-electron chi connectivity index (χ1n) is 4.12. The highest BCUT2D eigenvalue weighted by molar-refractivity contribution is 6.39.